The second kappa shape index (κ2) is 4.19. The van der Waals surface area contributed by atoms with Crippen LogP contribution in [0.4, 0.5) is 0 Å². The molecule has 0 aliphatic carbocycles. The molecule has 4 unspecified atom stereocenters. The third-order valence-electron chi connectivity index (χ3n) is 2.31. The van der Waals surface area contributed by atoms with Crippen LogP contribution in [0.3, 0.4) is 0 Å². The molecule has 0 aromatic carbocycles. The summed E-state index contributed by atoms with van der Waals surface area (Å²) in [5, 5.41) is 9.41. The molecule has 0 radical (unpaired) electrons. The van der Waals surface area contributed by atoms with Crippen molar-refractivity contribution in [2.45, 2.75) is 31.5 Å². The standard InChI is InChI=1S/C9H16O4/c1-5-7(11-3)8(12-4)6(2)13-9(5)10/h6-10H,1H2,2-4H3. The molecule has 4 atom stereocenters. The fourth-order valence-corrected chi connectivity index (χ4v) is 1.57. The molecule has 1 saturated heterocycles. The predicted octanol–water partition coefficient (Wildman–Crippen LogP) is 0.310. The van der Waals surface area contributed by atoms with Gasteiger partial charge in [-0.1, -0.05) is 6.58 Å². The SMILES string of the molecule is C=C1C(O)OC(C)C(OC)C1OC. The molecule has 1 aliphatic rings. The van der Waals surface area contributed by atoms with Crippen LogP contribution in [0, 0.1) is 0 Å². The summed E-state index contributed by atoms with van der Waals surface area (Å²) in [5.41, 5.74) is 0.507. The lowest BCUT2D eigenvalue weighted by molar-refractivity contribution is -0.203. The van der Waals surface area contributed by atoms with Crippen molar-refractivity contribution in [1.82, 2.24) is 0 Å². The molecule has 0 spiro atoms. The Balaban J connectivity index is 2.77. The minimum atomic E-state index is -0.952. The molecule has 4 heteroatoms. The predicted molar refractivity (Wildman–Crippen MR) is 47.3 cm³/mol. The van der Waals surface area contributed by atoms with E-state index in [9.17, 15) is 5.11 Å². The summed E-state index contributed by atoms with van der Waals surface area (Å²) in [6, 6.07) is 0. The van der Waals surface area contributed by atoms with Gasteiger partial charge in [0.25, 0.3) is 0 Å². The van der Waals surface area contributed by atoms with Crippen molar-refractivity contribution in [3.05, 3.63) is 12.2 Å². The molecule has 4 nitrogen and oxygen atoms in total. The van der Waals surface area contributed by atoms with Gasteiger partial charge in [-0.05, 0) is 6.92 Å². The smallest absolute Gasteiger partial charge is 0.179 e. The third kappa shape index (κ3) is 1.91. The molecule has 0 amide bonds. The summed E-state index contributed by atoms with van der Waals surface area (Å²) >= 11 is 0. The van der Waals surface area contributed by atoms with Gasteiger partial charge in [0, 0.05) is 19.8 Å². The molecule has 1 heterocycles. The Morgan fingerprint density at radius 3 is 2.46 bits per heavy atom. The van der Waals surface area contributed by atoms with Crippen molar-refractivity contribution >= 4 is 0 Å². The van der Waals surface area contributed by atoms with Crippen molar-refractivity contribution in [1.29, 1.82) is 0 Å². The Labute approximate surface area is 78.1 Å². The second-order valence-electron chi connectivity index (χ2n) is 3.13. The molecule has 1 N–H and O–H groups in total. The Bertz CT molecular complexity index is 192. The number of aliphatic hydroxyl groups is 1. The van der Waals surface area contributed by atoms with Crippen molar-refractivity contribution in [3.8, 4) is 0 Å². The highest BCUT2D eigenvalue weighted by Gasteiger charge is 2.38. The van der Waals surface area contributed by atoms with Gasteiger partial charge < -0.3 is 19.3 Å². The van der Waals surface area contributed by atoms with Crippen LogP contribution in [0.25, 0.3) is 0 Å². The van der Waals surface area contributed by atoms with E-state index in [1.807, 2.05) is 6.92 Å². The number of hydrogen-bond acceptors (Lipinski definition) is 4. The van der Waals surface area contributed by atoms with E-state index in [0.717, 1.165) is 0 Å². The van der Waals surface area contributed by atoms with Crippen LogP contribution in [-0.4, -0.2) is 43.9 Å². The zero-order valence-electron chi connectivity index (χ0n) is 8.19. The van der Waals surface area contributed by atoms with E-state index in [4.69, 9.17) is 14.2 Å². The highest BCUT2D eigenvalue weighted by Crippen LogP contribution is 2.26. The van der Waals surface area contributed by atoms with Gasteiger partial charge in [0.1, 0.15) is 12.2 Å². The van der Waals surface area contributed by atoms with Crippen molar-refractivity contribution in [3.63, 3.8) is 0 Å². The maximum absolute atomic E-state index is 9.41. The lowest BCUT2D eigenvalue weighted by atomic mass is 9.98. The fraction of sp³-hybridized carbons (Fsp3) is 0.778. The first-order valence-corrected chi connectivity index (χ1v) is 4.19. The zero-order chi connectivity index (χ0) is 10.0. The average molecular weight is 188 g/mol. The van der Waals surface area contributed by atoms with Gasteiger partial charge in [-0.25, -0.2) is 0 Å². The van der Waals surface area contributed by atoms with Gasteiger partial charge in [0.05, 0.1) is 6.10 Å². The summed E-state index contributed by atoms with van der Waals surface area (Å²) in [5.74, 6) is 0. The number of methoxy groups -OCH3 is 2. The largest absolute Gasteiger partial charge is 0.376 e. The molecule has 0 bridgehead atoms. The van der Waals surface area contributed by atoms with Crippen LogP contribution >= 0.6 is 0 Å². The highest BCUT2D eigenvalue weighted by molar-refractivity contribution is 5.12. The molecule has 1 aliphatic heterocycles. The molecule has 13 heavy (non-hydrogen) atoms. The maximum atomic E-state index is 9.41. The van der Waals surface area contributed by atoms with Crippen LogP contribution in [0.2, 0.25) is 0 Å². The average Bonchev–Trinajstić information content (AvgIpc) is 2.10. The Morgan fingerprint density at radius 2 is 2.00 bits per heavy atom. The Morgan fingerprint density at radius 1 is 1.38 bits per heavy atom. The van der Waals surface area contributed by atoms with E-state index in [0.29, 0.717) is 5.57 Å². The molecule has 1 fully saturated rings. The van der Waals surface area contributed by atoms with Crippen LogP contribution in [0.15, 0.2) is 12.2 Å². The molecule has 0 aromatic rings. The number of aliphatic hydroxyl groups excluding tert-OH is 1. The normalized spacial score (nSPS) is 40.8. The molecule has 0 saturated carbocycles. The van der Waals surface area contributed by atoms with Crippen molar-refractivity contribution in [2.24, 2.45) is 0 Å². The first-order chi connectivity index (χ1) is 6.11. The number of ether oxygens (including phenoxy) is 3. The lowest BCUT2D eigenvalue weighted by Crippen LogP contribution is -2.50. The van der Waals surface area contributed by atoms with Gasteiger partial charge >= 0.3 is 0 Å². The van der Waals surface area contributed by atoms with Crippen LogP contribution < -0.4 is 0 Å². The summed E-state index contributed by atoms with van der Waals surface area (Å²) in [6.45, 7) is 5.53. The van der Waals surface area contributed by atoms with E-state index >= 15 is 0 Å². The number of hydrogen-bond donors (Lipinski definition) is 1. The van der Waals surface area contributed by atoms with E-state index in [-0.39, 0.29) is 18.3 Å². The second-order valence-corrected chi connectivity index (χ2v) is 3.13. The van der Waals surface area contributed by atoms with E-state index < -0.39 is 6.29 Å². The zero-order valence-corrected chi connectivity index (χ0v) is 8.19. The Hall–Kier alpha value is -0.420. The molecule has 1 rings (SSSR count). The monoisotopic (exact) mass is 188 g/mol. The fourth-order valence-electron chi connectivity index (χ4n) is 1.57. The topological polar surface area (TPSA) is 47.9 Å². The van der Waals surface area contributed by atoms with Gasteiger partial charge in [-0.3, -0.25) is 0 Å². The first-order valence-electron chi connectivity index (χ1n) is 4.19. The summed E-state index contributed by atoms with van der Waals surface area (Å²) in [6.07, 6.45) is -1.66. The van der Waals surface area contributed by atoms with Crippen molar-refractivity contribution < 1.29 is 19.3 Å². The summed E-state index contributed by atoms with van der Waals surface area (Å²) < 4.78 is 15.6. The van der Waals surface area contributed by atoms with Gasteiger partial charge in [0.2, 0.25) is 0 Å². The van der Waals surface area contributed by atoms with Gasteiger partial charge in [-0.2, -0.15) is 0 Å². The minimum absolute atomic E-state index is 0.199. The summed E-state index contributed by atoms with van der Waals surface area (Å²) in [7, 11) is 3.15. The minimum Gasteiger partial charge on any atom is -0.376 e. The van der Waals surface area contributed by atoms with E-state index in [1.165, 1.54) is 0 Å². The van der Waals surface area contributed by atoms with Gasteiger partial charge in [-0.15, -0.1) is 0 Å². The van der Waals surface area contributed by atoms with Crippen LogP contribution in [0.1, 0.15) is 6.92 Å². The molecule has 76 valence electrons. The van der Waals surface area contributed by atoms with Crippen LogP contribution in [-0.2, 0) is 14.2 Å². The number of rotatable bonds is 2. The third-order valence-corrected chi connectivity index (χ3v) is 2.31. The van der Waals surface area contributed by atoms with Crippen molar-refractivity contribution in [2.75, 3.05) is 14.2 Å². The first kappa shape index (κ1) is 10.7. The maximum Gasteiger partial charge on any atom is 0.179 e. The molecular formula is C9H16O4. The molecule has 0 aromatic heterocycles. The van der Waals surface area contributed by atoms with E-state index in [2.05, 4.69) is 6.58 Å². The lowest BCUT2D eigenvalue weighted by Gasteiger charge is -2.38. The summed E-state index contributed by atoms with van der Waals surface area (Å²) in [4.78, 5) is 0. The quantitative estimate of drug-likeness (QED) is 0.633. The Kier molecular flexibility index (Phi) is 3.44. The molecular weight excluding hydrogens is 172 g/mol. The van der Waals surface area contributed by atoms with Gasteiger partial charge in [0.15, 0.2) is 6.29 Å². The highest BCUT2D eigenvalue weighted by atomic mass is 16.6. The van der Waals surface area contributed by atoms with Crippen LogP contribution in [0.5, 0.6) is 0 Å². The van der Waals surface area contributed by atoms with E-state index in [1.54, 1.807) is 14.2 Å².